The molecule has 0 bridgehead atoms. The summed E-state index contributed by atoms with van der Waals surface area (Å²) >= 11 is 0. The number of ether oxygens (including phenoxy) is 1. The molecule has 30 heavy (non-hydrogen) atoms. The second-order valence-corrected chi connectivity index (χ2v) is 6.71. The molecule has 0 aliphatic carbocycles. The van der Waals surface area contributed by atoms with E-state index in [-0.39, 0.29) is 5.95 Å². The average molecular weight is 416 g/mol. The summed E-state index contributed by atoms with van der Waals surface area (Å²) in [6.45, 7) is 0.941. The number of anilines is 1. The maximum absolute atomic E-state index is 12.6. The van der Waals surface area contributed by atoms with Gasteiger partial charge in [0.05, 0.1) is 19.2 Å². The van der Waals surface area contributed by atoms with Gasteiger partial charge in [0.15, 0.2) is 11.5 Å². The van der Waals surface area contributed by atoms with Crippen molar-refractivity contribution in [2.24, 2.45) is 0 Å². The first-order valence-electron chi connectivity index (χ1n) is 9.21. The zero-order chi connectivity index (χ0) is 21.3. The van der Waals surface area contributed by atoms with Crippen LogP contribution in [0.4, 0.5) is 19.1 Å². The molecule has 7 nitrogen and oxygen atoms in total. The quantitative estimate of drug-likeness (QED) is 0.469. The molecule has 0 unspecified atom stereocenters. The number of aromatic nitrogens is 4. The Hall–Kier alpha value is -3.40. The van der Waals surface area contributed by atoms with Gasteiger partial charge < -0.3 is 15.8 Å². The van der Waals surface area contributed by atoms with E-state index in [4.69, 9.17) is 10.5 Å². The lowest BCUT2D eigenvalue weighted by Gasteiger charge is -2.07. The van der Waals surface area contributed by atoms with Crippen molar-refractivity contribution in [1.82, 2.24) is 24.9 Å². The molecule has 0 saturated carbocycles. The van der Waals surface area contributed by atoms with Crippen molar-refractivity contribution in [3.8, 4) is 5.75 Å². The average Bonchev–Trinajstić information content (AvgIpc) is 3.16. The normalized spacial score (nSPS) is 12.0. The van der Waals surface area contributed by atoms with E-state index in [1.165, 1.54) is 16.6 Å². The largest absolute Gasteiger partial charge is 0.494 e. The summed E-state index contributed by atoms with van der Waals surface area (Å²) in [5, 5.41) is 8.36. The highest BCUT2D eigenvalue weighted by atomic mass is 19.4. The molecule has 2 aromatic carbocycles. The van der Waals surface area contributed by atoms with Crippen molar-refractivity contribution in [2.75, 3.05) is 19.4 Å². The third kappa shape index (κ3) is 3.86. The number of halogens is 3. The highest BCUT2D eigenvalue weighted by Gasteiger charge is 2.29. The SMILES string of the molecule is COc1cccc2c1nc(N)n1nc(CNCCc3ccc(C(F)(F)F)cc3)nc21. The van der Waals surface area contributed by atoms with Gasteiger partial charge in [-0.05, 0) is 42.8 Å². The maximum atomic E-state index is 12.6. The standard InChI is InChI=1S/C20H19F3N6O/c1-30-15-4-2-3-14-17(15)27-19(24)29-18(14)26-16(28-29)11-25-10-9-12-5-7-13(8-6-12)20(21,22)23/h2-8,25H,9-11H2,1H3,(H2,24,27). The lowest BCUT2D eigenvalue weighted by Crippen LogP contribution is -2.17. The first-order valence-corrected chi connectivity index (χ1v) is 9.21. The highest BCUT2D eigenvalue weighted by molar-refractivity contribution is 5.95. The van der Waals surface area contributed by atoms with Crippen LogP contribution < -0.4 is 15.8 Å². The third-order valence-electron chi connectivity index (χ3n) is 4.71. The van der Waals surface area contributed by atoms with Crippen molar-refractivity contribution in [3.63, 3.8) is 0 Å². The van der Waals surface area contributed by atoms with Crippen molar-refractivity contribution in [3.05, 3.63) is 59.4 Å². The van der Waals surface area contributed by atoms with Gasteiger partial charge in [0.25, 0.3) is 0 Å². The topological polar surface area (TPSA) is 90.4 Å². The van der Waals surface area contributed by atoms with Crippen LogP contribution in [0.3, 0.4) is 0 Å². The second kappa shape index (κ2) is 7.79. The Morgan fingerprint density at radius 2 is 1.87 bits per heavy atom. The molecule has 0 saturated heterocycles. The number of alkyl halides is 3. The fourth-order valence-corrected chi connectivity index (χ4v) is 3.20. The molecule has 0 fully saturated rings. The van der Waals surface area contributed by atoms with Crippen LogP contribution >= 0.6 is 0 Å². The summed E-state index contributed by atoms with van der Waals surface area (Å²) in [5.74, 6) is 1.33. The Labute approximate surface area is 169 Å². The molecule has 0 aliphatic heterocycles. The first kappa shape index (κ1) is 19.9. The molecule has 0 amide bonds. The zero-order valence-electron chi connectivity index (χ0n) is 16.1. The van der Waals surface area contributed by atoms with Crippen LogP contribution in [0.2, 0.25) is 0 Å². The molecule has 3 N–H and O–H groups in total. The number of benzene rings is 2. The minimum atomic E-state index is -4.32. The van der Waals surface area contributed by atoms with E-state index in [0.29, 0.717) is 42.2 Å². The molecule has 2 aromatic heterocycles. The summed E-state index contributed by atoms with van der Waals surface area (Å²) in [5.41, 5.74) is 7.38. The number of nitrogen functional groups attached to an aromatic ring is 1. The zero-order valence-corrected chi connectivity index (χ0v) is 16.1. The van der Waals surface area contributed by atoms with Gasteiger partial charge in [0.2, 0.25) is 5.95 Å². The minimum absolute atomic E-state index is 0.200. The summed E-state index contributed by atoms with van der Waals surface area (Å²) in [4.78, 5) is 8.91. The Morgan fingerprint density at radius 3 is 2.57 bits per heavy atom. The number of hydrogen-bond acceptors (Lipinski definition) is 6. The van der Waals surface area contributed by atoms with Crippen LogP contribution in [0.25, 0.3) is 16.6 Å². The van der Waals surface area contributed by atoms with Gasteiger partial charge in [0, 0.05) is 5.39 Å². The summed E-state index contributed by atoms with van der Waals surface area (Å²) in [6.07, 6.45) is -3.74. The van der Waals surface area contributed by atoms with E-state index in [9.17, 15) is 13.2 Å². The van der Waals surface area contributed by atoms with E-state index in [1.54, 1.807) is 13.2 Å². The van der Waals surface area contributed by atoms with Crippen LogP contribution in [0.5, 0.6) is 5.75 Å². The molecular weight excluding hydrogens is 397 g/mol. The number of nitrogens with two attached hydrogens (primary N) is 1. The van der Waals surface area contributed by atoms with E-state index < -0.39 is 11.7 Å². The van der Waals surface area contributed by atoms with E-state index in [1.807, 2.05) is 12.1 Å². The fourth-order valence-electron chi connectivity index (χ4n) is 3.20. The van der Waals surface area contributed by atoms with E-state index >= 15 is 0 Å². The Bertz CT molecular complexity index is 1190. The monoisotopic (exact) mass is 416 g/mol. The van der Waals surface area contributed by atoms with Gasteiger partial charge in [-0.2, -0.15) is 17.7 Å². The maximum Gasteiger partial charge on any atom is 0.416 e. The Morgan fingerprint density at radius 1 is 1.10 bits per heavy atom. The molecule has 0 atom stereocenters. The van der Waals surface area contributed by atoms with Gasteiger partial charge >= 0.3 is 6.18 Å². The summed E-state index contributed by atoms with van der Waals surface area (Å²) in [7, 11) is 1.56. The number of rotatable bonds is 6. The second-order valence-electron chi connectivity index (χ2n) is 6.71. The van der Waals surface area contributed by atoms with Crippen LogP contribution in [0, 0.1) is 0 Å². The van der Waals surface area contributed by atoms with Gasteiger partial charge in [-0.1, -0.05) is 18.2 Å². The predicted molar refractivity (Wildman–Crippen MR) is 106 cm³/mol. The van der Waals surface area contributed by atoms with E-state index in [0.717, 1.165) is 23.1 Å². The van der Waals surface area contributed by atoms with Gasteiger partial charge in [-0.25, -0.2) is 9.97 Å². The van der Waals surface area contributed by atoms with Gasteiger partial charge in [-0.15, -0.1) is 5.10 Å². The van der Waals surface area contributed by atoms with Crippen molar-refractivity contribution in [1.29, 1.82) is 0 Å². The minimum Gasteiger partial charge on any atom is -0.494 e. The third-order valence-corrected chi connectivity index (χ3v) is 4.71. The molecule has 156 valence electrons. The van der Waals surface area contributed by atoms with Crippen LogP contribution in [0.1, 0.15) is 17.0 Å². The van der Waals surface area contributed by atoms with E-state index in [2.05, 4.69) is 20.4 Å². The molecule has 0 aliphatic rings. The number of hydrogen-bond donors (Lipinski definition) is 2. The van der Waals surface area contributed by atoms with Crippen LogP contribution in [-0.2, 0) is 19.1 Å². The highest BCUT2D eigenvalue weighted by Crippen LogP contribution is 2.29. The smallest absolute Gasteiger partial charge is 0.416 e. The first-order chi connectivity index (χ1) is 14.4. The number of methoxy groups -OCH3 is 1. The van der Waals surface area contributed by atoms with Gasteiger partial charge in [0.1, 0.15) is 11.3 Å². The van der Waals surface area contributed by atoms with Crippen molar-refractivity contribution < 1.29 is 17.9 Å². The Balaban J connectivity index is 1.45. The number of fused-ring (bicyclic) bond motifs is 3. The molecule has 0 spiro atoms. The predicted octanol–water partition coefficient (Wildman–Crippen LogP) is 3.22. The molecular formula is C20H19F3N6O. The lowest BCUT2D eigenvalue weighted by molar-refractivity contribution is -0.137. The van der Waals surface area contributed by atoms with Crippen molar-refractivity contribution in [2.45, 2.75) is 19.1 Å². The molecule has 4 rings (SSSR count). The summed E-state index contributed by atoms with van der Waals surface area (Å²) < 4.78 is 44.7. The molecule has 0 radical (unpaired) electrons. The van der Waals surface area contributed by atoms with Crippen molar-refractivity contribution >= 4 is 22.5 Å². The summed E-state index contributed by atoms with van der Waals surface area (Å²) in [6, 6.07) is 10.7. The molecule has 4 aromatic rings. The number of nitrogens with one attached hydrogen (secondary N) is 1. The van der Waals surface area contributed by atoms with Gasteiger partial charge in [-0.3, -0.25) is 0 Å². The van der Waals surface area contributed by atoms with Crippen LogP contribution in [0.15, 0.2) is 42.5 Å². The fraction of sp³-hybridized carbons (Fsp3) is 0.250. The van der Waals surface area contributed by atoms with Crippen LogP contribution in [-0.4, -0.2) is 33.2 Å². The molecule has 2 heterocycles. The lowest BCUT2D eigenvalue weighted by atomic mass is 10.1. The number of para-hydroxylation sites is 1. The molecule has 10 heteroatoms. The Kier molecular flexibility index (Phi) is 5.17. The number of nitrogens with zero attached hydrogens (tertiary/aromatic N) is 4.